The van der Waals surface area contributed by atoms with E-state index in [1.807, 2.05) is 6.08 Å². The normalized spacial score (nSPS) is 11.1. The molecule has 0 radical (unpaired) electrons. The molecule has 5 heteroatoms. The van der Waals surface area contributed by atoms with Crippen LogP contribution in [0.2, 0.25) is 0 Å². The molecule has 414 valence electrons. The Morgan fingerprint density at radius 1 is 0.239 bits per heavy atom. The molecule has 0 aromatic heterocycles. The molecule has 0 aliphatic rings. The number of hydrogen-bond acceptors (Lipinski definition) is 5. The molecule has 0 heterocycles. The minimum absolute atomic E-state index is 0.254. The second-order valence-electron chi connectivity index (χ2n) is 19.5. The molecule has 0 aliphatic carbocycles. The van der Waals surface area contributed by atoms with Crippen LogP contribution in [0.15, 0.2) is 72.9 Å². The van der Waals surface area contributed by atoms with Crippen LogP contribution in [0.25, 0.3) is 0 Å². The first-order chi connectivity index (χ1) is 34.4. The van der Waals surface area contributed by atoms with Crippen molar-refractivity contribution in [3.05, 3.63) is 72.9 Å². The van der Waals surface area contributed by atoms with Gasteiger partial charge in [-0.1, -0.05) is 204 Å². The second-order valence-corrected chi connectivity index (χ2v) is 19.5. The van der Waals surface area contributed by atoms with Crippen LogP contribution in [-0.2, 0) is 24.0 Å². The maximum atomic E-state index is 10.8. The first-order valence-electron chi connectivity index (χ1n) is 29.7. The predicted octanol–water partition coefficient (Wildman–Crippen LogP) is 21.5. The van der Waals surface area contributed by atoms with Gasteiger partial charge in [0.05, 0.1) is 0 Å². The number of carbonyl (C=O) groups excluding carboxylic acids is 5. The summed E-state index contributed by atoms with van der Waals surface area (Å²) in [6, 6.07) is 0. The highest BCUT2D eigenvalue weighted by atomic mass is 16.1. The van der Waals surface area contributed by atoms with Gasteiger partial charge in [0.1, 0.15) is 28.9 Å². The number of hydrogen-bond donors (Lipinski definition) is 0. The zero-order chi connectivity index (χ0) is 53.9. The van der Waals surface area contributed by atoms with Gasteiger partial charge in [-0.25, -0.2) is 0 Å². The van der Waals surface area contributed by atoms with Crippen LogP contribution in [0.4, 0.5) is 0 Å². The van der Waals surface area contributed by atoms with Crippen molar-refractivity contribution >= 4 is 28.9 Å². The largest absolute Gasteiger partial charge is 0.300 e. The van der Waals surface area contributed by atoms with E-state index in [-0.39, 0.29) is 5.78 Å². The van der Waals surface area contributed by atoms with Crippen molar-refractivity contribution in [2.24, 2.45) is 0 Å². The van der Waals surface area contributed by atoms with E-state index in [9.17, 15) is 24.0 Å². The lowest BCUT2D eigenvalue weighted by molar-refractivity contribution is -0.117. The lowest BCUT2D eigenvalue weighted by Gasteiger charge is -1.98. The molecule has 5 nitrogen and oxygen atoms in total. The highest BCUT2D eigenvalue weighted by molar-refractivity contribution is 5.77. The van der Waals surface area contributed by atoms with E-state index in [0.29, 0.717) is 29.6 Å². The molecule has 0 amide bonds. The highest BCUT2D eigenvalue weighted by Crippen LogP contribution is 2.11. The van der Waals surface area contributed by atoms with Crippen LogP contribution in [0.5, 0.6) is 0 Å². The van der Waals surface area contributed by atoms with Gasteiger partial charge >= 0.3 is 0 Å². The number of rotatable bonds is 45. The van der Waals surface area contributed by atoms with Crippen molar-refractivity contribution in [1.82, 2.24) is 0 Å². The van der Waals surface area contributed by atoms with Gasteiger partial charge in [0, 0.05) is 32.1 Å². The van der Waals surface area contributed by atoms with E-state index in [4.69, 9.17) is 0 Å². The fourth-order valence-electron chi connectivity index (χ4n) is 7.02. The molecule has 0 saturated carbocycles. The summed E-state index contributed by atoms with van der Waals surface area (Å²) in [4.78, 5) is 53.1. The molecule has 0 bridgehead atoms. The van der Waals surface area contributed by atoms with Crippen molar-refractivity contribution in [2.75, 3.05) is 0 Å². The molecule has 0 N–H and O–H groups in total. The third-order valence-corrected chi connectivity index (χ3v) is 11.4. The van der Waals surface area contributed by atoms with Crippen molar-refractivity contribution in [3.63, 3.8) is 0 Å². The lowest BCUT2D eigenvalue weighted by atomic mass is 10.1. The molecule has 0 saturated heterocycles. The Hall–Kier alpha value is -3.21. The fraction of sp³-hybridized carbons (Fsp3) is 0.742. The Labute approximate surface area is 443 Å². The Bertz CT molecular complexity index is 1290. The Kier molecular flexibility index (Phi) is 79.2. The molecule has 71 heavy (non-hydrogen) atoms. The van der Waals surface area contributed by atoms with E-state index in [0.717, 1.165) is 89.9 Å². The molecule has 0 aliphatic heterocycles. The van der Waals surface area contributed by atoms with Gasteiger partial charge in [0.25, 0.3) is 0 Å². The Balaban J connectivity index is -0.000000260. The third kappa shape index (κ3) is 101. The van der Waals surface area contributed by atoms with E-state index < -0.39 is 0 Å². The summed E-state index contributed by atoms with van der Waals surface area (Å²) in [6.45, 7) is 19.3. The highest BCUT2D eigenvalue weighted by Gasteiger charge is 1.96. The average Bonchev–Trinajstić information content (AvgIpc) is 3.33. The SMILES string of the molecule is CCC=CCCCC(C)=O.CCC=CCCCCCCCC(C)=O.CCCCC/C=C/C/C=C/CCCCCCCC(C)=O.CCCCCC=CCCCC(C)=O.CCCCCCCC/C=C/CC(C)=O. The van der Waals surface area contributed by atoms with Crippen LogP contribution in [0.3, 0.4) is 0 Å². The Morgan fingerprint density at radius 3 is 0.803 bits per heavy atom. The van der Waals surface area contributed by atoms with E-state index in [1.54, 1.807) is 34.6 Å². The van der Waals surface area contributed by atoms with Gasteiger partial charge in [-0.2, -0.15) is 0 Å². The quantitative estimate of drug-likeness (QED) is 0.0448. The summed E-state index contributed by atoms with van der Waals surface area (Å²) in [5, 5.41) is 0. The van der Waals surface area contributed by atoms with E-state index >= 15 is 0 Å². The molecule has 0 aromatic carbocycles. The maximum absolute atomic E-state index is 10.8. The van der Waals surface area contributed by atoms with Gasteiger partial charge in [-0.3, -0.25) is 4.79 Å². The smallest absolute Gasteiger partial charge is 0.133 e. The molecule has 0 unspecified atom stereocenters. The summed E-state index contributed by atoms with van der Waals surface area (Å²) in [6.07, 6.45) is 72.0. The van der Waals surface area contributed by atoms with Crippen LogP contribution < -0.4 is 0 Å². The van der Waals surface area contributed by atoms with Crippen molar-refractivity contribution in [2.45, 2.75) is 320 Å². The summed E-state index contributed by atoms with van der Waals surface area (Å²) >= 11 is 0. The predicted molar refractivity (Wildman–Crippen MR) is 317 cm³/mol. The third-order valence-electron chi connectivity index (χ3n) is 11.4. The number of unbranched alkanes of at least 4 members (excludes halogenated alkanes) is 24. The number of ketones is 5. The maximum Gasteiger partial charge on any atom is 0.133 e. The number of carbonyl (C=O) groups is 5. The van der Waals surface area contributed by atoms with Crippen LogP contribution in [0, 0.1) is 0 Å². The van der Waals surface area contributed by atoms with Gasteiger partial charge in [-0.05, 0) is 157 Å². The average molecular weight is 994 g/mol. The van der Waals surface area contributed by atoms with Crippen molar-refractivity contribution in [3.8, 4) is 0 Å². The van der Waals surface area contributed by atoms with Crippen LogP contribution in [-0.4, -0.2) is 28.9 Å². The van der Waals surface area contributed by atoms with Crippen LogP contribution >= 0.6 is 0 Å². The zero-order valence-corrected chi connectivity index (χ0v) is 49.0. The summed E-state index contributed by atoms with van der Waals surface area (Å²) < 4.78 is 0. The fourth-order valence-corrected chi connectivity index (χ4v) is 7.02. The van der Waals surface area contributed by atoms with Gasteiger partial charge in [-0.15, -0.1) is 0 Å². The molecule has 0 rings (SSSR count). The number of Topliss-reactive ketones (excluding diaryl/α,β-unsaturated/α-hetero) is 5. The van der Waals surface area contributed by atoms with Crippen molar-refractivity contribution < 1.29 is 24.0 Å². The molecular weight excluding hydrogens is 873 g/mol. The Morgan fingerprint density at radius 2 is 0.479 bits per heavy atom. The zero-order valence-electron chi connectivity index (χ0n) is 49.0. The standard InChI is InChI=1S/C19H34O.2C13H24O.C12H22O.C9H16O/c1-3-4-5-6-7-8-9-10-11-12-13-14-15-16-17-18-19(2)20;2*1-3-4-5-6-7-8-9-10-11-12-13(2)14;1-3-4-5-6-7-8-9-10-11-12(2)13;1-3-4-5-6-7-8-9(2)10/h7-8,10-11H,3-6,9,12-18H2,1-2H3;10-11H,3-9,12H2,1-2H3;4-5H,3,6-12H2,1-2H3;7-8H,3-6,9-11H2,1-2H3;4-5H,3,6-8H2,1-2H3/b8-7+,11-10+;11-10+;;;. The van der Waals surface area contributed by atoms with Crippen LogP contribution in [0.1, 0.15) is 320 Å². The molecule has 0 atom stereocenters. The van der Waals surface area contributed by atoms with Gasteiger partial charge in [0.2, 0.25) is 0 Å². The van der Waals surface area contributed by atoms with Crippen molar-refractivity contribution in [1.29, 1.82) is 0 Å². The minimum atomic E-state index is 0.254. The molecule has 0 fully saturated rings. The van der Waals surface area contributed by atoms with Gasteiger partial charge < -0.3 is 19.2 Å². The number of allylic oxidation sites excluding steroid dienone is 12. The van der Waals surface area contributed by atoms with E-state index in [1.165, 1.54) is 154 Å². The van der Waals surface area contributed by atoms with E-state index in [2.05, 4.69) is 101 Å². The first-order valence-corrected chi connectivity index (χ1v) is 29.7. The summed E-state index contributed by atoms with van der Waals surface area (Å²) in [5.41, 5.74) is 0. The van der Waals surface area contributed by atoms with Gasteiger partial charge in [0.15, 0.2) is 0 Å². The topological polar surface area (TPSA) is 85.3 Å². The molecule has 0 aromatic rings. The summed E-state index contributed by atoms with van der Waals surface area (Å²) in [5.74, 6) is 1.51. The first kappa shape index (κ1) is 76.7. The minimum Gasteiger partial charge on any atom is -0.300 e. The second kappa shape index (κ2) is 73.3. The lowest BCUT2D eigenvalue weighted by Crippen LogP contribution is -1.89. The monoisotopic (exact) mass is 993 g/mol. The molecule has 0 spiro atoms. The summed E-state index contributed by atoms with van der Waals surface area (Å²) in [7, 11) is 0. The molecular formula is C66H120O5.